The Kier molecular flexibility index (Phi) is 2.40. The maximum absolute atomic E-state index is 3.78. The molecule has 1 aromatic heterocycles. The molecule has 0 radical (unpaired) electrons. The molecule has 2 aromatic rings. The van der Waals surface area contributed by atoms with Crippen LogP contribution in [0.15, 0.2) is 43.1 Å². The fourth-order valence-corrected chi connectivity index (χ4v) is 1.89. The molecule has 0 aliphatic carbocycles. The van der Waals surface area contributed by atoms with E-state index in [4.69, 9.17) is 0 Å². The molecule has 1 aromatic carbocycles. The Morgan fingerprint density at radius 1 is 1.36 bits per heavy atom. The van der Waals surface area contributed by atoms with Gasteiger partial charge in [-0.05, 0) is 18.1 Å². The number of hydrogen-bond acceptors (Lipinski definition) is 0. The number of benzene rings is 1. The predicted octanol–water partition coefficient (Wildman–Crippen LogP) is 3.39. The first-order chi connectivity index (χ1) is 6.86. The summed E-state index contributed by atoms with van der Waals surface area (Å²) < 4.78 is 2.25. The van der Waals surface area contributed by atoms with Gasteiger partial charge < -0.3 is 4.57 Å². The highest BCUT2D eigenvalue weighted by molar-refractivity contribution is 5.83. The third-order valence-corrected chi connectivity index (χ3v) is 2.58. The molecule has 72 valence electrons. The second-order valence-electron chi connectivity index (χ2n) is 3.47. The number of aryl methyl sites for hydroxylation is 1. The van der Waals surface area contributed by atoms with Crippen LogP contribution in [0.3, 0.4) is 0 Å². The van der Waals surface area contributed by atoms with Gasteiger partial charge in [0.15, 0.2) is 0 Å². The lowest BCUT2D eigenvalue weighted by atomic mass is 10.1. The highest BCUT2D eigenvalue weighted by Crippen LogP contribution is 2.21. The van der Waals surface area contributed by atoms with E-state index in [-0.39, 0.29) is 0 Å². The molecular formula is C13H15N. The monoisotopic (exact) mass is 185 g/mol. The minimum absolute atomic E-state index is 0.889. The maximum atomic E-state index is 3.78. The van der Waals surface area contributed by atoms with E-state index >= 15 is 0 Å². The molecule has 0 spiro atoms. The largest absolute Gasteiger partial charge is 0.343 e. The van der Waals surface area contributed by atoms with E-state index in [0.29, 0.717) is 0 Å². The molecule has 0 bridgehead atoms. The lowest BCUT2D eigenvalue weighted by Crippen LogP contribution is -1.91. The Morgan fingerprint density at radius 2 is 2.14 bits per heavy atom. The highest BCUT2D eigenvalue weighted by Gasteiger charge is 2.04. The van der Waals surface area contributed by atoms with Gasteiger partial charge in [-0.2, -0.15) is 0 Å². The summed E-state index contributed by atoms with van der Waals surface area (Å²) in [6, 6.07) is 8.53. The highest BCUT2D eigenvalue weighted by atomic mass is 14.9. The van der Waals surface area contributed by atoms with Crippen molar-refractivity contribution in [3.05, 3.63) is 48.7 Å². The maximum Gasteiger partial charge on any atom is 0.0486 e. The van der Waals surface area contributed by atoms with Crippen LogP contribution in [-0.4, -0.2) is 4.57 Å². The number of allylic oxidation sites excluding steroid dienone is 1. The van der Waals surface area contributed by atoms with Crippen LogP contribution in [-0.2, 0) is 13.0 Å². The van der Waals surface area contributed by atoms with Crippen LogP contribution < -0.4 is 0 Å². The number of para-hydroxylation sites is 1. The van der Waals surface area contributed by atoms with Crippen LogP contribution in [0.2, 0.25) is 0 Å². The molecule has 1 heterocycles. The van der Waals surface area contributed by atoms with Gasteiger partial charge in [-0.25, -0.2) is 0 Å². The Hall–Kier alpha value is -1.50. The summed E-state index contributed by atoms with van der Waals surface area (Å²) >= 11 is 0. The molecule has 1 heteroatoms. The second kappa shape index (κ2) is 3.70. The molecule has 0 aliphatic rings. The van der Waals surface area contributed by atoms with Crippen LogP contribution in [0.1, 0.15) is 12.5 Å². The number of fused-ring (bicyclic) bond motifs is 1. The standard InChI is InChI=1S/C13H15N/c1-3-9-14-10-11(4-2)12-7-5-6-8-13(12)14/h3,5-8,10H,1,4,9H2,2H3. The first-order valence-corrected chi connectivity index (χ1v) is 5.04. The van der Waals surface area contributed by atoms with E-state index in [1.165, 1.54) is 16.5 Å². The van der Waals surface area contributed by atoms with Crippen molar-refractivity contribution in [3.8, 4) is 0 Å². The van der Waals surface area contributed by atoms with Gasteiger partial charge in [0.25, 0.3) is 0 Å². The lowest BCUT2D eigenvalue weighted by molar-refractivity contribution is 0.858. The zero-order valence-electron chi connectivity index (χ0n) is 8.53. The fourth-order valence-electron chi connectivity index (χ4n) is 1.89. The summed E-state index contributed by atoms with van der Waals surface area (Å²) in [6.45, 7) is 6.86. The van der Waals surface area contributed by atoms with Crippen molar-refractivity contribution in [2.75, 3.05) is 0 Å². The summed E-state index contributed by atoms with van der Waals surface area (Å²) in [5.74, 6) is 0. The summed E-state index contributed by atoms with van der Waals surface area (Å²) in [4.78, 5) is 0. The van der Waals surface area contributed by atoms with Crippen LogP contribution in [0.4, 0.5) is 0 Å². The number of aromatic nitrogens is 1. The quantitative estimate of drug-likeness (QED) is 0.646. The normalized spacial score (nSPS) is 10.6. The summed E-state index contributed by atoms with van der Waals surface area (Å²) in [5, 5.41) is 1.37. The van der Waals surface area contributed by atoms with Crippen molar-refractivity contribution in [3.63, 3.8) is 0 Å². The molecule has 0 saturated heterocycles. The van der Waals surface area contributed by atoms with Crippen LogP contribution >= 0.6 is 0 Å². The Bertz CT molecular complexity index is 451. The van der Waals surface area contributed by atoms with Gasteiger partial charge in [0.05, 0.1) is 0 Å². The van der Waals surface area contributed by atoms with Gasteiger partial charge in [-0.15, -0.1) is 6.58 Å². The summed E-state index contributed by atoms with van der Waals surface area (Å²) in [5.41, 5.74) is 2.73. The third-order valence-electron chi connectivity index (χ3n) is 2.58. The fraction of sp³-hybridized carbons (Fsp3) is 0.231. The van der Waals surface area contributed by atoms with Crippen molar-refractivity contribution in [1.82, 2.24) is 4.57 Å². The third kappa shape index (κ3) is 1.35. The SMILES string of the molecule is C=CCn1cc(CC)c2ccccc21. The van der Waals surface area contributed by atoms with Crippen molar-refractivity contribution >= 4 is 10.9 Å². The van der Waals surface area contributed by atoms with Gasteiger partial charge in [-0.3, -0.25) is 0 Å². The molecule has 0 aliphatic heterocycles. The minimum atomic E-state index is 0.889. The molecule has 1 nitrogen and oxygen atoms in total. The molecule has 0 fully saturated rings. The Morgan fingerprint density at radius 3 is 2.86 bits per heavy atom. The van der Waals surface area contributed by atoms with Crippen LogP contribution in [0.5, 0.6) is 0 Å². The molecule has 0 saturated carbocycles. The van der Waals surface area contributed by atoms with Crippen molar-refractivity contribution < 1.29 is 0 Å². The first-order valence-electron chi connectivity index (χ1n) is 5.04. The Balaban J connectivity index is 2.66. The molecule has 2 rings (SSSR count). The molecule has 14 heavy (non-hydrogen) atoms. The molecular weight excluding hydrogens is 170 g/mol. The van der Waals surface area contributed by atoms with Crippen molar-refractivity contribution in [2.45, 2.75) is 19.9 Å². The average Bonchev–Trinajstić information content (AvgIpc) is 2.58. The number of nitrogens with zero attached hydrogens (tertiary/aromatic N) is 1. The zero-order chi connectivity index (χ0) is 9.97. The van der Waals surface area contributed by atoms with E-state index in [0.717, 1.165) is 13.0 Å². The smallest absolute Gasteiger partial charge is 0.0486 e. The zero-order valence-corrected chi connectivity index (χ0v) is 8.53. The Labute approximate surface area is 84.7 Å². The van der Waals surface area contributed by atoms with Gasteiger partial charge in [-0.1, -0.05) is 31.2 Å². The predicted molar refractivity (Wildman–Crippen MR) is 61.5 cm³/mol. The summed E-state index contributed by atoms with van der Waals surface area (Å²) in [6.07, 6.45) is 5.25. The van der Waals surface area contributed by atoms with E-state index in [2.05, 4.69) is 48.5 Å². The molecule has 0 amide bonds. The van der Waals surface area contributed by atoms with Gasteiger partial charge in [0, 0.05) is 23.6 Å². The van der Waals surface area contributed by atoms with Crippen LogP contribution in [0, 0.1) is 0 Å². The van der Waals surface area contributed by atoms with E-state index in [1.807, 2.05) is 6.08 Å². The second-order valence-corrected chi connectivity index (χ2v) is 3.47. The van der Waals surface area contributed by atoms with E-state index in [1.54, 1.807) is 0 Å². The number of rotatable bonds is 3. The van der Waals surface area contributed by atoms with Crippen LogP contribution in [0.25, 0.3) is 10.9 Å². The topological polar surface area (TPSA) is 4.93 Å². The van der Waals surface area contributed by atoms with E-state index < -0.39 is 0 Å². The van der Waals surface area contributed by atoms with Gasteiger partial charge >= 0.3 is 0 Å². The van der Waals surface area contributed by atoms with Gasteiger partial charge in [0.2, 0.25) is 0 Å². The molecule has 0 N–H and O–H groups in total. The molecule has 0 unspecified atom stereocenters. The summed E-state index contributed by atoms with van der Waals surface area (Å²) in [7, 11) is 0. The first kappa shape index (κ1) is 9.07. The average molecular weight is 185 g/mol. The van der Waals surface area contributed by atoms with E-state index in [9.17, 15) is 0 Å². The van der Waals surface area contributed by atoms with Crippen molar-refractivity contribution in [2.24, 2.45) is 0 Å². The molecule has 0 atom stereocenters. The van der Waals surface area contributed by atoms with Crippen molar-refractivity contribution in [1.29, 1.82) is 0 Å². The van der Waals surface area contributed by atoms with Gasteiger partial charge in [0.1, 0.15) is 0 Å². The number of hydrogen-bond donors (Lipinski definition) is 0. The lowest BCUT2D eigenvalue weighted by Gasteiger charge is -1.99. The minimum Gasteiger partial charge on any atom is -0.343 e.